The van der Waals surface area contributed by atoms with Crippen LogP contribution in [-0.2, 0) is 0 Å². The van der Waals surface area contributed by atoms with E-state index < -0.39 is 0 Å². The summed E-state index contributed by atoms with van der Waals surface area (Å²) in [6.07, 6.45) is 7.32. The Balaban J connectivity index is 4.00. The summed E-state index contributed by atoms with van der Waals surface area (Å²) in [6.45, 7) is 12.0. The smallest absolute Gasteiger partial charge is 0.0118 e. The Bertz CT molecular complexity index is 117. The molecule has 0 aromatic carbocycles. The Kier molecular flexibility index (Phi) is 11.3. The second kappa shape index (κ2) is 10.4. The first-order valence-electron chi connectivity index (χ1n) is 6.38. The van der Waals surface area contributed by atoms with Gasteiger partial charge in [0.05, 0.1) is 0 Å². The van der Waals surface area contributed by atoms with Crippen molar-refractivity contribution in [3.05, 3.63) is 0 Å². The third kappa shape index (κ3) is 7.26. The predicted octanol–water partition coefficient (Wildman–Crippen LogP) is 5.45. The first kappa shape index (κ1) is 16.3. The van der Waals surface area contributed by atoms with Gasteiger partial charge in [-0.25, -0.2) is 0 Å². The van der Waals surface area contributed by atoms with E-state index in [4.69, 9.17) is 0 Å². The molecule has 0 unspecified atom stereocenters. The maximum absolute atomic E-state index is 2.42. The van der Waals surface area contributed by atoms with Gasteiger partial charge in [0.1, 0.15) is 0 Å². The van der Waals surface area contributed by atoms with Crippen LogP contribution in [0.15, 0.2) is 0 Å². The van der Waals surface area contributed by atoms with Crippen molar-refractivity contribution in [3.63, 3.8) is 0 Å². The molecule has 0 bridgehead atoms. The van der Waals surface area contributed by atoms with Crippen molar-refractivity contribution in [3.8, 4) is 0 Å². The van der Waals surface area contributed by atoms with Gasteiger partial charge in [0.15, 0.2) is 0 Å². The monoisotopic (exact) mass is 266 g/mol. The van der Waals surface area contributed by atoms with Crippen LogP contribution in [0.4, 0.5) is 0 Å². The quantitative estimate of drug-likeness (QED) is 0.487. The molecule has 0 saturated heterocycles. The summed E-state index contributed by atoms with van der Waals surface area (Å²) in [5.41, 5.74) is 0. The van der Waals surface area contributed by atoms with Crippen LogP contribution < -0.4 is 0 Å². The zero-order valence-electron chi connectivity index (χ0n) is 11.3. The number of hydrogen-bond acceptors (Lipinski definition) is 0. The summed E-state index contributed by atoms with van der Waals surface area (Å²) < 4.78 is 0. The lowest BCUT2D eigenvalue weighted by Crippen LogP contribution is -1.96. The van der Waals surface area contributed by atoms with Gasteiger partial charge in [-0.15, -0.1) is 15.8 Å². The van der Waals surface area contributed by atoms with Crippen molar-refractivity contribution in [1.82, 2.24) is 0 Å². The van der Waals surface area contributed by atoms with Gasteiger partial charge in [0, 0.05) is 0 Å². The Morgan fingerprint density at radius 1 is 0.467 bits per heavy atom. The zero-order chi connectivity index (χ0) is 11.7. The van der Waals surface area contributed by atoms with E-state index in [1.165, 1.54) is 30.8 Å². The third-order valence-electron chi connectivity index (χ3n) is 3.04. The van der Waals surface area contributed by atoms with Crippen LogP contribution in [0.1, 0.15) is 34.6 Å². The number of hydrogen-bond donors (Lipinski definition) is 0. The Morgan fingerprint density at radius 2 is 0.733 bits per heavy atom. The first-order chi connectivity index (χ1) is 7.21. The molecule has 0 nitrogen and oxygen atoms in total. The van der Waals surface area contributed by atoms with Crippen LogP contribution in [0, 0.1) is 0 Å². The van der Waals surface area contributed by atoms with Crippen molar-refractivity contribution in [2.45, 2.75) is 34.6 Å². The maximum Gasteiger partial charge on any atom is -0.0118 e. The van der Waals surface area contributed by atoms with E-state index in [0.29, 0.717) is 23.8 Å². The molecule has 0 rings (SSSR count). The summed E-state index contributed by atoms with van der Waals surface area (Å²) >= 11 is 0. The highest BCUT2D eigenvalue weighted by atomic mass is 31.2. The van der Waals surface area contributed by atoms with Gasteiger partial charge in [-0.1, -0.05) is 42.5 Å². The molecule has 0 aliphatic carbocycles. The molecule has 0 heterocycles. The summed E-state index contributed by atoms with van der Waals surface area (Å²) in [5, 5.41) is 0. The second-order valence-electron chi connectivity index (χ2n) is 3.88. The lowest BCUT2D eigenvalue weighted by atomic mass is 11.0. The Morgan fingerprint density at radius 3 is 0.933 bits per heavy atom. The van der Waals surface area contributed by atoms with E-state index in [2.05, 4.69) is 34.6 Å². The van der Waals surface area contributed by atoms with E-state index in [9.17, 15) is 0 Å². The van der Waals surface area contributed by atoms with Crippen molar-refractivity contribution in [2.75, 3.05) is 42.6 Å². The molecule has 92 valence electrons. The van der Waals surface area contributed by atoms with Crippen LogP contribution in [0.5, 0.6) is 0 Å². The van der Waals surface area contributed by atoms with Crippen molar-refractivity contribution in [2.24, 2.45) is 0 Å². The van der Waals surface area contributed by atoms with Crippen molar-refractivity contribution in [1.29, 1.82) is 0 Å². The van der Waals surface area contributed by atoms with E-state index in [1.807, 2.05) is 0 Å². The van der Waals surface area contributed by atoms with Gasteiger partial charge >= 0.3 is 0 Å². The highest BCUT2D eigenvalue weighted by Crippen LogP contribution is 2.56. The van der Waals surface area contributed by atoms with Gasteiger partial charge < -0.3 is 0 Å². The molecule has 0 spiro atoms. The lowest BCUT2D eigenvalue weighted by Gasteiger charge is -2.25. The molecule has 0 saturated carbocycles. The normalized spacial score (nSPS) is 12.0. The molecule has 0 fully saturated rings. The summed E-state index contributed by atoms with van der Waals surface area (Å²) in [7, 11) is 1.19. The van der Waals surface area contributed by atoms with Crippen LogP contribution in [-0.4, -0.2) is 42.6 Å². The topological polar surface area (TPSA) is 0 Å². The summed E-state index contributed by atoms with van der Waals surface area (Å²) in [5.74, 6) is 3.24. The van der Waals surface area contributed by atoms with Gasteiger partial charge in [-0.3, -0.25) is 0 Å². The van der Waals surface area contributed by atoms with Crippen LogP contribution >= 0.6 is 23.8 Å². The summed E-state index contributed by atoms with van der Waals surface area (Å²) in [4.78, 5) is 0. The molecule has 0 radical (unpaired) electrons. The zero-order valence-corrected chi connectivity index (χ0v) is 14.0. The Labute approximate surface area is 101 Å². The molecule has 0 aromatic heterocycles. The molecule has 3 heteroatoms. The van der Waals surface area contributed by atoms with E-state index >= 15 is 0 Å². The average molecular weight is 266 g/mol. The van der Waals surface area contributed by atoms with Gasteiger partial charge in [0.25, 0.3) is 0 Å². The van der Waals surface area contributed by atoms with Gasteiger partial charge in [-0.05, 0) is 42.6 Å². The molecule has 15 heavy (non-hydrogen) atoms. The fourth-order valence-corrected chi connectivity index (χ4v) is 13.0. The highest BCUT2D eigenvalue weighted by molar-refractivity contribution is 7.81. The SMILES string of the molecule is CCP(CC)CP(CC)CP(CC)CC. The highest BCUT2D eigenvalue weighted by Gasteiger charge is 2.14. The van der Waals surface area contributed by atoms with Gasteiger partial charge in [0.2, 0.25) is 0 Å². The van der Waals surface area contributed by atoms with E-state index in [-0.39, 0.29) is 0 Å². The lowest BCUT2D eigenvalue weighted by molar-refractivity contribution is 1.39. The van der Waals surface area contributed by atoms with E-state index in [0.717, 1.165) is 0 Å². The molecule has 0 aliphatic rings. The molecule has 0 N–H and O–H groups in total. The van der Waals surface area contributed by atoms with E-state index in [1.54, 1.807) is 11.8 Å². The minimum Gasteiger partial charge on any atom is -0.103 e. The fourth-order valence-electron chi connectivity index (χ4n) is 1.66. The number of rotatable bonds is 9. The van der Waals surface area contributed by atoms with Crippen LogP contribution in [0.2, 0.25) is 0 Å². The van der Waals surface area contributed by atoms with Crippen molar-refractivity contribution >= 4 is 23.8 Å². The molecule has 0 aliphatic heterocycles. The van der Waals surface area contributed by atoms with Crippen LogP contribution in [0.3, 0.4) is 0 Å². The standard InChI is InChI=1S/C12H29P3/c1-6-13(7-2)11-15(10-5)12-14(8-3)9-4/h6-12H2,1-5H3. The van der Waals surface area contributed by atoms with Gasteiger partial charge in [-0.2, -0.15) is 0 Å². The molecular formula is C12H29P3. The fraction of sp³-hybridized carbons (Fsp3) is 1.00. The largest absolute Gasteiger partial charge is 0.103 e. The average Bonchev–Trinajstić information content (AvgIpc) is 2.30. The summed E-state index contributed by atoms with van der Waals surface area (Å²) in [6, 6.07) is 0. The first-order valence-corrected chi connectivity index (χ1v) is 12.1. The molecule has 0 amide bonds. The minimum absolute atomic E-state index is 0.397. The minimum atomic E-state index is 0.397. The van der Waals surface area contributed by atoms with Crippen LogP contribution in [0.25, 0.3) is 0 Å². The second-order valence-corrected chi connectivity index (χ2v) is 13.3. The maximum atomic E-state index is 2.42. The molecular weight excluding hydrogens is 237 g/mol. The molecule has 0 atom stereocenters. The molecule has 0 aromatic rings. The Hall–Kier alpha value is 1.29. The predicted molar refractivity (Wildman–Crippen MR) is 83.2 cm³/mol. The third-order valence-corrected chi connectivity index (χ3v) is 13.9. The van der Waals surface area contributed by atoms with Crippen molar-refractivity contribution < 1.29 is 0 Å².